The third-order valence-electron chi connectivity index (χ3n) is 2.15. The molecule has 80 valence electrons. The lowest BCUT2D eigenvalue weighted by Gasteiger charge is -2.13. The lowest BCUT2D eigenvalue weighted by atomic mass is 10.1. The highest BCUT2D eigenvalue weighted by Gasteiger charge is 2.10. The van der Waals surface area contributed by atoms with Crippen LogP contribution in [0.1, 0.15) is 24.9 Å². The molecular formula is C12H13F2N. The highest BCUT2D eigenvalue weighted by molar-refractivity contribution is 5.21. The second-order valence-corrected chi connectivity index (χ2v) is 3.30. The summed E-state index contributed by atoms with van der Waals surface area (Å²) in [5, 5.41) is 3.06. The minimum atomic E-state index is -0.563. The fourth-order valence-corrected chi connectivity index (χ4v) is 1.32. The van der Waals surface area contributed by atoms with Crippen molar-refractivity contribution in [3.8, 4) is 12.3 Å². The average molecular weight is 209 g/mol. The molecule has 0 aliphatic rings. The molecule has 1 N–H and O–H groups in total. The van der Waals surface area contributed by atoms with E-state index in [1.807, 2.05) is 6.92 Å². The van der Waals surface area contributed by atoms with Gasteiger partial charge >= 0.3 is 0 Å². The topological polar surface area (TPSA) is 12.0 Å². The molecular weight excluding hydrogens is 196 g/mol. The van der Waals surface area contributed by atoms with Crippen molar-refractivity contribution < 1.29 is 8.78 Å². The monoisotopic (exact) mass is 209 g/mol. The molecule has 0 radical (unpaired) electrons. The van der Waals surface area contributed by atoms with Crippen LogP contribution in [0.2, 0.25) is 0 Å². The number of hydrogen-bond donors (Lipinski definition) is 1. The van der Waals surface area contributed by atoms with Crippen molar-refractivity contribution in [2.75, 3.05) is 6.54 Å². The Kier molecular flexibility index (Phi) is 4.26. The van der Waals surface area contributed by atoms with Gasteiger partial charge in [0.25, 0.3) is 0 Å². The molecule has 1 nitrogen and oxygen atoms in total. The van der Waals surface area contributed by atoms with Gasteiger partial charge in [0.15, 0.2) is 0 Å². The van der Waals surface area contributed by atoms with Gasteiger partial charge in [-0.2, -0.15) is 0 Å². The Morgan fingerprint density at radius 3 is 2.80 bits per heavy atom. The minimum absolute atomic E-state index is 0.168. The first-order valence-electron chi connectivity index (χ1n) is 4.77. The quantitative estimate of drug-likeness (QED) is 0.593. The highest BCUT2D eigenvalue weighted by Crippen LogP contribution is 2.17. The van der Waals surface area contributed by atoms with Gasteiger partial charge in [0.2, 0.25) is 0 Å². The van der Waals surface area contributed by atoms with Gasteiger partial charge in [0.05, 0.1) is 0 Å². The zero-order valence-corrected chi connectivity index (χ0v) is 8.56. The van der Waals surface area contributed by atoms with E-state index in [1.54, 1.807) is 0 Å². The van der Waals surface area contributed by atoms with Crippen LogP contribution in [0.4, 0.5) is 8.78 Å². The van der Waals surface area contributed by atoms with Crippen LogP contribution >= 0.6 is 0 Å². The second-order valence-electron chi connectivity index (χ2n) is 3.30. The largest absolute Gasteiger partial charge is 0.309 e. The molecule has 0 amide bonds. The first kappa shape index (κ1) is 11.7. The number of hydrogen-bond acceptors (Lipinski definition) is 1. The molecule has 0 spiro atoms. The average Bonchev–Trinajstić information content (AvgIpc) is 2.17. The predicted octanol–water partition coefficient (Wildman–Crippen LogP) is 2.64. The summed E-state index contributed by atoms with van der Waals surface area (Å²) in [5.41, 5.74) is 0.452. The van der Waals surface area contributed by atoms with Crippen LogP contribution in [-0.4, -0.2) is 6.54 Å². The van der Waals surface area contributed by atoms with Gasteiger partial charge in [-0.25, -0.2) is 8.78 Å². The second kappa shape index (κ2) is 5.47. The molecule has 1 rings (SSSR count). The molecule has 0 aromatic heterocycles. The van der Waals surface area contributed by atoms with E-state index in [0.717, 1.165) is 6.07 Å². The lowest BCUT2D eigenvalue weighted by molar-refractivity contribution is 0.522. The SMILES string of the molecule is C#CCCNC(C)c1ccc(F)cc1F. The summed E-state index contributed by atoms with van der Waals surface area (Å²) in [6, 6.07) is 3.41. The number of rotatable bonds is 4. The molecule has 15 heavy (non-hydrogen) atoms. The van der Waals surface area contributed by atoms with Gasteiger partial charge < -0.3 is 5.32 Å². The highest BCUT2D eigenvalue weighted by atomic mass is 19.1. The van der Waals surface area contributed by atoms with Crippen LogP contribution in [0.25, 0.3) is 0 Å². The predicted molar refractivity (Wildman–Crippen MR) is 56.2 cm³/mol. The van der Waals surface area contributed by atoms with E-state index in [-0.39, 0.29) is 6.04 Å². The Balaban J connectivity index is 2.66. The van der Waals surface area contributed by atoms with E-state index in [1.165, 1.54) is 12.1 Å². The summed E-state index contributed by atoms with van der Waals surface area (Å²) in [5.74, 6) is 1.39. The van der Waals surface area contributed by atoms with Crippen molar-refractivity contribution in [3.05, 3.63) is 35.4 Å². The van der Waals surface area contributed by atoms with Crippen molar-refractivity contribution in [2.24, 2.45) is 0 Å². The fourth-order valence-electron chi connectivity index (χ4n) is 1.32. The van der Waals surface area contributed by atoms with Gasteiger partial charge in [0.1, 0.15) is 11.6 Å². The Labute approximate surface area is 88.5 Å². The summed E-state index contributed by atoms with van der Waals surface area (Å²) < 4.78 is 25.9. The molecule has 1 aromatic carbocycles. The normalized spacial score (nSPS) is 12.1. The molecule has 3 heteroatoms. The van der Waals surface area contributed by atoms with E-state index in [2.05, 4.69) is 11.2 Å². The molecule has 1 atom stereocenters. The van der Waals surface area contributed by atoms with E-state index < -0.39 is 11.6 Å². The first-order chi connectivity index (χ1) is 7.15. The van der Waals surface area contributed by atoms with Crippen molar-refractivity contribution >= 4 is 0 Å². The van der Waals surface area contributed by atoms with Gasteiger partial charge in [-0.05, 0) is 13.0 Å². The van der Waals surface area contributed by atoms with Crippen LogP contribution in [0.5, 0.6) is 0 Å². The van der Waals surface area contributed by atoms with Crippen molar-refractivity contribution in [3.63, 3.8) is 0 Å². The number of nitrogens with one attached hydrogen (secondary N) is 1. The Bertz CT molecular complexity index is 368. The Morgan fingerprint density at radius 1 is 1.47 bits per heavy atom. The van der Waals surface area contributed by atoms with Crippen LogP contribution < -0.4 is 5.32 Å². The van der Waals surface area contributed by atoms with E-state index >= 15 is 0 Å². The summed E-state index contributed by atoms with van der Waals surface area (Å²) in [4.78, 5) is 0. The van der Waals surface area contributed by atoms with Crippen molar-refractivity contribution in [1.29, 1.82) is 0 Å². The molecule has 1 unspecified atom stereocenters. The zero-order valence-electron chi connectivity index (χ0n) is 8.56. The Hall–Kier alpha value is -1.40. The van der Waals surface area contributed by atoms with Crippen LogP contribution in [0.3, 0.4) is 0 Å². The third-order valence-corrected chi connectivity index (χ3v) is 2.15. The lowest BCUT2D eigenvalue weighted by Crippen LogP contribution is -2.20. The molecule has 0 heterocycles. The van der Waals surface area contributed by atoms with E-state index in [0.29, 0.717) is 18.5 Å². The summed E-state index contributed by atoms with van der Waals surface area (Å²) in [6.07, 6.45) is 5.68. The van der Waals surface area contributed by atoms with Crippen molar-refractivity contribution in [1.82, 2.24) is 5.32 Å². The molecule has 1 aromatic rings. The summed E-state index contributed by atoms with van der Waals surface area (Å²) in [7, 11) is 0. The maximum absolute atomic E-state index is 13.3. The molecule has 0 fully saturated rings. The smallest absolute Gasteiger partial charge is 0.130 e. The van der Waals surface area contributed by atoms with E-state index in [4.69, 9.17) is 6.42 Å². The van der Waals surface area contributed by atoms with Gasteiger partial charge in [-0.3, -0.25) is 0 Å². The van der Waals surface area contributed by atoms with Crippen LogP contribution in [0.15, 0.2) is 18.2 Å². The maximum Gasteiger partial charge on any atom is 0.130 e. The zero-order chi connectivity index (χ0) is 11.3. The molecule has 0 saturated carbocycles. The van der Waals surface area contributed by atoms with Gasteiger partial charge in [-0.15, -0.1) is 12.3 Å². The number of halogens is 2. The molecule has 0 bridgehead atoms. The van der Waals surface area contributed by atoms with Crippen LogP contribution in [0, 0.1) is 24.0 Å². The molecule has 0 saturated heterocycles. The summed E-state index contributed by atoms with van der Waals surface area (Å²) in [6.45, 7) is 2.43. The van der Waals surface area contributed by atoms with Crippen molar-refractivity contribution in [2.45, 2.75) is 19.4 Å². The standard InChI is InChI=1S/C12H13F2N/c1-3-4-7-15-9(2)11-6-5-10(13)8-12(11)14/h1,5-6,8-9,15H,4,7H2,2H3. The summed E-state index contributed by atoms with van der Waals surface area (Å²) >= 11 is 0. The molecule has 0 aliphatic carbocycles. The maximum atomic E-state index is 13.3. The number of terminal acetylenes is 1. The molecule has 0 aliphatic heterocycles. The first-order valence-corrected chi connectivity index (χ1v) is 4.77. The fraction of sp³-hybridized carbons (Fsp3) is 0.333. The third kappa shape index (κ3) is 3.34. The van der Waals surface area contributed by atoms with E-state index in [9.17, 15) is 8.78 Å². The van der Waals surface area contributed by atoms with Gasteiger partial charge in [0, 0.05) is 30.6 Å². The van der Waals surface area contributed by atoms with Crippen LogP contribution in [-0.2, 0) is 0 Å². The number of benzene rings is 1. The Morgan fingerprint density at radius 2 is 2.20 bits per heavy atom. The van der Waals surface area contributed by atoms with Gasteiger partial charge in [-0.1, -0.05) is 6.07 Å². The minimum Gasteiger partial charge on any atom is -0.309 e.